The Bertz CT molecular complexity index is 154. The van der Waals surface area contributed by atoms with Crippen molar-refractivity contribution in [2.24, 2.45) is 5.92 Å². The van der Waals surface area contributed by atoms with Gasteiger partial charge in [0.15, 0.2) is 0 Å². The van der Waals surface area contributed by atoms with Gasteiger partial charge in [-0.05, 0) is 44.9 Å². The maximum Gasteiger partial charge on any atom is 0.0620 e. The molecule has 0 amide bonds. The van der Waals surface area contributed by atoms with Gasteiger partial charge in [0.1, 0.15) is 0 Å². The number of hydrogen-bond donors (Lipinski definition) is 2. The molecule has 0 saturated heterocycles. The van der Waals surface area contributed by atoms with E-state index in [1.807, 2.05) is 6.92 Å². The second-order valence-electron chi connectivity index (χ2n) is 4.69. The van der Waals surface area contributed by atoms with E-state index in [2.05, 4.69) is 6.92 Å². The van der Waals surface area contributed by atoms with E-state index in [4.69, 9.17) is 0 Å². The topological polar surface area (TPSA) is 40.5 Å². The van der Waals surface area contributed by atoms with Gasteiger partial charge >= 0.3 is 0 Å². The van der Waals surface area contributed by atoms with Crippen LogP contribution in [0.4, 0.5) is 0 Å². The van der Waals surface area contributed by atoms with Gasteiger partial charge in [-0.2, -0.15) is 0 Å². The lowest BCUT2D eigenvalue weighted by molar-refractivity contribution is 0.0395. The first-order valence-electron chi connectivity index (χ1n) is 5.45. The van der Waals surface area contributed by atoms with Crippen LogP contribution in [0.3, 0.4) is 0 Å². The molecular formula is C11H22O2. The molecule has 2 N–H and O–H groups in total. The molecule has 0 heterocycles. The molecule has 2 nitrogen and oxygen atoms in total. The van der Waals surface area contributed by atoms with Crippen LogP contribution in [0.2, 0.25) is 0 Å². The highest BCUT2D eigenvalue weighted by atomic mass is 16.3. The highest BCUT2D eigenvalue weighted by Crippen LogP contribution is 2.32. The molecule has 0 spiro atoms. The molecule has 1 saturated carbocycles. The van der Waals surface area contributed by atoms with Gasteiger partial charge in [-0.15, -0.1) is 0 Å². The highest BCUT2D eigenvalue weighted by molar-refractivity contribution is 4.83. The van der Waals surface area contributed by atoms with Crippen LogP contribution < -0.4 is 0 Å². The monoisotopic (exact) mass is 186 g/mol. The van der Waals surface area contributed by atoms with E-state index in [-0.39, 0.29) is 6.10 Å². The van der Waals surface area contributed by atoms with Gasteiger partial charge in [-0.25, -0.2) is 0 Å². The van der Waals surface area contributed by atoms with Crippen molar-refractivity contribution in [3.8, 4) is 0 Å². The summed E-state index contributed by atoms with van der Waals surface area (Å²) in [7, 11) is 0. The van der Waals surface area contributed by atoms with E-state index >= 15 is 0 Å². The normalized spacial score (nSPS) is 41.5. The third kappa shape index (κ3) is 3.28. The lowest BCUT2D eigenvalue weighted by Crippen LogP contribution is -2.22. The molecule has 78 valence electrons. The van der Waals surface area contributed by atoms with Crippen molar-refractivity contribution in [1.29, 1.82) is 0 Å². The number of rotatable bonds is 2. The van der Waals surface area contributed by atoms with Crippen LogP contribution >= 0.6 is 0 Å². The van der Waals surface area contributed by atoms with Crippen molar-refractivity contribution >= 4 is 0 Å². The molecule has 0 bridgehead atoms. The van der Waals surface area contributed by atoms with E-state index < -0.39 is 5.60 Å². The molecule has 1 fully saturated rings. The highest BCUT2D eigenvalue weighted by Gasteiger charge is 2.30. The molecule has 3 unspecified atom stereocenters. The summed E-state index contributed by atoms with van der Waals surface area (Å²) in [6, 6.07) is 0. The Balaban J connectivity index is 2.49. The van der Waals surface area contributed by atoms with Gasteiger partial charge < -0.3 is 10.2 Å². The fourth-order valence-electron chi connectivity index (χ4n) is 2.22. The predicted molar refractivity (Wildman–Crippen MR) is 53.5 cm³/mol. The van der Waals surface area contributed by atoms with Crippen molar-refractivity contribution in [3.05, 3.63) is 0 Å². The second-order valence-corrected chi connectivity index (χ2v) is 4.69. The molecule has 1 aliphatic rings. The molecule has 0 radical (unpaired) electrons. The molecule has 3 atom stereocenters. The molecule has 0 aromatic rings. The average Bonchev–Trinajstić information content (AvgIpc) is 2.18. The van der Waals surface area contributed by atoms with Crippen LogP contribution in [0.25, 0.3) is 0 Å². The lowest BCUT2D eigenvalue weighted by Gasteiger charge is -2.20. The smallest absolute Gasteiger partial charge is 0.0620 e. The summed E-state index contributed by atoms with van der Waals surface area (Å²) >= 11 is 0. The molecule has 0 aliphatic heterocycles. The van der Waals surface area contributed by atoms with Crippen molar-refractivity contribution in [2.75, 3.05) is 0 Å². The summed E-state index contributed by atoms with van der Waals surface area (Å²) in [4.78, 5) is 0. The SMILES string of the molecule is CCCC1CCC(C)(O)CCC1O. The lowest BCUT2D eigenvalue weighted by atomic mass is 9.92. The summed E-state index contributed by atoms with van der Waals surface area (Å²) in [5, 5.41) is 19.6. The maximum atomic E-state index is 9.85. The minimum absolute atomic E-state index is 0.186. The molecule has 1 rings (SSSR count). The van der Waals surface area contributed by atoms with Crippen molar-refractivity contribution in [1.82, 2.24) is 0 Å². The minimum Gasteiger partial charge on any atom is -0.393 e. The van der Waals surface area contributed by atoms with E-state index in [1.165, 1.54) is 0 Å². The molecule has 1 aliphatic carbocycles. The third-order valence-corrected chi connectivity index (χ3v) is 3.24. The zero-order valence-electron chi connectivity index (χ0n) is 8.79. The van der Waals surface area contributed by atoms with Crippen LogP contribution in [0.15, 0.2) is 0 Å². The maximum absolute atomic E-state index is 9.85. The average molecular weight is 186 g/mol. The molecule has 0 aromatic heterocycles. The number of hydrogen-bond acceptors (Lipinski definition) is 2. The molecule has 13 heavy (non-hydrogen) atoms. The van der Waals surface area contributed by atoms with Crippen LogP contribution in [0.1, 0.15) is 52.4 Å². The van der Waals surface area contributed by atoms with Crippen molar-refractivity contribution < 1.29 is 10.2 Å². The Labute approximate surface area is 81.0 Å². The van der Waals surface area contributed by atoms with Gasteiger partial charge in [0.25, 0.3) is 0 Å². The third-order valence-electron chi connectivity index (χ3n) is 3.24. The summed E-state index contributed by atoms with van der Waals surface area (Å²) in [6.45, 7) is 4.03. The largest absolute Gasteiger partial charge is 0.393 e. The Morgan fingerprint density at radius 1 is 1.31 bits per heavy atom. The first kappa shape index (κ1) is 11.0. The first-order valence-corrected chi connectivity index (χ1v) is 5.45. The zero-order chi connectivity index (χ0) is 9.90. The summed E-state index contributed by atoms with van der Waals surface area (Å²) in [5.41, 5.74) is -0.538. The van der Waals surface area contributed by atoms with E-state index in [9.17, 15) is 10.2 Å². The Morgan fingerprint density at radius 3 is 2.54 bits per heavy atom. The van der Waals surface area contributed by atoms with Crippen LogP contribution in [-0.4, -0.2) is 21.9 Å². The Morgan fingerprint density at radius 2 is 1.92 bits per heavy atom. The summed E-state index contributed by atoms with van der Waals surface area (Å²) in [6.07, 6.45) is 5.36. The van der Waals surface area contributed by atoms with E-state index in [0.29, 0.717) is 5.92 Å². The fourth-order valence-corrected chi connectivity index (χ4v) is 2.22. The number of aliphatic hydroxyl groups excluding tert-OH is 1. The first-order chi connectivity index (χ1) is 6.05. The van der Waals surface area contributed by atoms with Gasteiger partial charge in [-0.3, -0.25) is 0 Å². The molecule has 0 aromatic carbocycles. The molecule has 2 heteroatoms. The fraction of sp³-hybridized carbons (Fsp3) is 1.00. The predicted octanol–water partition coefficient (Wildman–Crippen LogP) is 2.09. The summed E-state index contributed by atoms with van der Waals surface area (Å²) < 4.78 is 0. The standard InChI is InChI=1S/C11H22O2/c1-3-4-9-5-7-11(2,13)8-6-10(9)12/h9-10,12-13H,3-8H2,1-2H3. The Kier molecular flexibility index (Phi) is 3.74. The van der Waals surface area contributed by atoms with Crippen LogP contribution in [-0.2, 0) is 0 Å². The van der Waals surface area contributed by atoms with Gasteiger partial charge in [0.2, 0.25) is 0 Å². The van der Waals surface area contributed by atoms with E-state index in [1.54, 1.807) is 0 Å². The van der Waals surface area contributed by atoms with Crippen LogP contribution in [0.5, 0.6) is 0 Å². The molecular weight excluding hydrogens is 164 g/mol. The minimum atomic E-state index is -0.538. The van der Waals surface area contributed by atoms with Gasteiger partial charge in [-0.1, -0.05) is 13.3 Å². The van der Waals surface area contributed by atoms with Crippen LogP contribution in [0, 0.1) is 5.92 Å². The van der Waals surface area contributed by atoms with Gasteiger partial charge in [0, 0.05) is 0 Å². The van der Waals surface area contributed by atoms with Crippen molar-refractivity contribution in [2.45, 2.75) is 64.1 Å². The number of aliphatic hydroxyl groups is 2. The second kappa shape index (κ2) is 4.43. The quantitative estimate of drug-likeness (QED) is 0.648. The summed E-state index contributed by atoms with van der Waals surface area (Å²) in [5.74, 6) is 0.416. The van der Waals surface area contributed by atoms with Gasteiger partial charge in [0.05, 0.1) is 11.7 Å². The van der Waals surface area contributed by atoms with Crippen molar-refractivity contribution in [3.63, 3.8) is 0 Å². The zero-order valence-corrected chi connectivity index (χ0v) is 8.79. The van der Waals surface area contributed by atoms with E-state index in [0.717, 1.165) is 38.5 Å². The Hall–Kier alpha value is -0.0800.